The summed E-state index contributed by atoms with van der Waals surface area (Å²) >= 11 is 0. The van der Waals surface area contributed by atoms with Gasteiger partial charge in [-0.1, -0.05) is 31.2 Å². The maximum atomic E-state index is 12.3. The summed E-state index contributed by atoms with van der Waals surface area (Å²) in [6.45, 7) is 8.74. The van der Waals surface area contributed by atoms with Crippen LogP contribution in [0.5, 0.6) is 0 Å². The highest BCUT2D eigenvalue weighted by molar-refractivity contribution is 5.85. The molecule has 1 amide bonds. The molecule has 0 atom stereocenters. The molecule has 0 bridgehead atoms. The van der Waals surface area contributed by atoms with Gasteiger partial charge in [-0.25, -0.2) is 19.9 Å². The van der Waals surface area contributed by atoms with Gasteiger partial charge in [0.05, 0.1) is 35.2 Å². The smallest absolute Gasteiger partial charge is 0.227 e. The fourth-order valence-electron chi connectivity index (χ4n) is 6.04. The number of halogens is 1. The molecular weight excluding hydrogens is 688 g/mol. The van der Waals surface area contributed by atoms with Crippen molar-refractivity contribution in [2.45, 2.75) is 46.6 Å². The van der Waals surface area contributed by atoms with Crippen molar-refractivity contribution < 1.29 is 4.79 Å². The van der Waals surface area contributed by atoms with Crippen LogP contribution in [0, 0.1) is 19.8 Å². The van der Waals surface area contributed by atoms with E-state index in [9.17, 15) is 4.79 Å². The molecule has 14 heteroatoms. The van der Waals surface area contributed by atoms with Crippen molar-refractivity contribution in [1.29, 1.82) is 0 Å². The first-order valence-electron chi connectivity index (χ1n) is 17.5. The van der Waals surface area contributed by atoms with E-state index in [4.69, 9.17) is 5.73 Å². The van der Waals surface area contributed by atoms with Crippen molar-refractivity contribution in [3.8, 4) is 22.5 Å². The SMILES string of the molecule is CCC1CN(C(=O)CCc2ccc(-c3ccnc(Nc4cnn(C)c4)n3)cc2C)C1.Cc1cc(-c2ccnc(Nc3cnn(C)c3)n2)ccc1CN.Cl. The number of aryl methyl sites for hydroxylation is 5. The van der Waals surface area contributed by atoms with Crippen molar-refractivity contribution in [3.63, 3.8) is 0 Å². The maximum Gasteiger partial charge on any atom is 0.227 e. The summed E-state index contributed by atoms with van der Waals surface area (Å²) in [5.74, 6) is 2.05. The number of rotatable bonds is 11. The average Bonchev–Trinajstić information content (AvgIpc) is 3.73. The normalized spacial score (nSPS) is 12.3. The van der Waals surface area contributed by atoms with Gasteiger partial charge < -0.3 is 21.3 Å². The van der Waals surface area contributed by atoms with Gasteiger partial charge in [-0.15, -0.1) is 12.4 Å². The van der Waals surface area contributed by atoms with E-state index in [1.807, 2.05) is 55.7 Å². The van der Waals surface area contributed by atoms with Crippen LogP contribution in [-0.4, -0.2) is 63.4 Å². The Kier molecular flexibility index (Phi) is 12.9. The highest BCUT2D eigenvalue weighted by atomic mass is 35.5. The predicted molar refractivity (Wildman–Crippen MR) is 211 cm³/mol. The lowest BCUT2D eigenvalue weighted by molar-refractivity contribution is -0.137. The molecule has 5 heterocycles. The summed E-state index contributed by atoms with van der Waals surface area (Å²) in [7, 11) is 3.73. The minimum atomic E-state index is 0. The van der Waals surface area contributed by atoms with Gasteiger partial charge in [-0.2, -0.15) is 10.2 Å². The van der Waals surface area contributed by atoms with Gasteiger partial charge in [0, 0.05) is 76.1 Å². The van der Waals surface area contributed by atoms with Gasteiger partial charge >= 0.3 is 0 Å². The Balaban J connectivity index is 0.000000210. The Morgan fingerprint density at radius 2 is 1.30 bits per heavy atom. The molecule has 1 aliphatic heterocycles. The summed E-state index contributed by atoms with van der Waals surface area (Å²) in [6, 6.07) is 16.3. The van der Waals surface area contributed by atoms with Crippen LogP contribution in [-0.2, 0) is 31.9 Å². The van der Waals surface area contributed by atoms with Gasteiger partial charge in [0.1, 0.15) is 0 Å². The Morgan fingerprint density at radius 3 is 1.74 bits per heavy atom. The zero-order chi connectivity index (χ0) is 36.6. The van der Waals surface area contributed by atoms with E-state index in [0.29, 0.717) is 30.8 Å². The van der Waals surface area contributed by atoms with Crippen LogP contribution < -0.4 is 16.4 Å². The average molecular weight is 735 g/mol. The van der Waals surface area contributed by atoms with E-state index in [0.717, 1.165) is 65.4 Å². The van der Waals surface area contributed by atoms with Gasteiger partial charge in [0.2, 0.25) is 17.8 Å². The van der Waals surface area contributed by atoms with E-state index < -0.39 is 0 Å². The van der Waals surface area contributed by atoms with E-state index in [2.05, 4.69) is 85.8 Å². The second kappa shape index (κ2) is 17.7. The van der Waals surface area contributed by atoms with Crippen LogP contribution in [0.4, 0.5) is 23.3 Å². The minimum absolute atomic E-state index is 0. The predicted octanol–water partition coefficient (Wildman–Crippen LogP) is 6.54. The zero-order valence-electron chi connectivity index (χ0n) is 30.8. The third-order valence-electron chi connectivity index (χ3n) is 9.23. The number of nitrogens with one attached hydrogen (secondary N) is 2. The number of hydrogen-bond donors (Lipinski definition) is 3. The fraction of sp³-hybridized carbons (Fsp3) is 0.308. The third kappa shape index (κ3) is 10.0. The quantitative estimate of drug-likeness (QED) is 0.134. The van der Waals surface area contributed by atoms with Crippen LogP contribution >= 0.6 is 12.4 Å². The van der Waals surface area contributed by atoms with Crippen LogP contribution in [0.1, 0.15) is 42.0 Å². The fourth-order valence-corrected chi connectivity index (χ4v) is 6.04. The number of amides is 1. The van der Waals surface area contributed by atoms with Gasteiger partial charge in [-0.3, -0.25) is 14.2 Å². The highest BCUT2D eigenvalue weighted by Crippen LogP contribution is 2.25. The molecule has 7 rings (SSSR count). The van der Waals surface area contributed by atoms with Gasteiger partial charge in [0.25, 0.3) is 0 Å². The molecule has 4 aromatic heterocycles. The largest absolute Gasteiger partial charge is 0.342 e. The number of aromatic nitrogens is 8. The number of carbonyl (C=O) groups is 1. The lowest BCUT2D eigenvalue weighted by Gasteiger charge is -2.39. The van der Waals surface area contributed by atoms with Crippen molar-refractivity contribution in [2.24, 2.45) is 25.7 Å². The molecule has 6 aromatic rings. The molecule has 13 nitrogen and oxygen atoms in total. The summed E-state index contributed by atoms with van der Waals surface area (Å²) < 4.78 is 3.45. The number of benzene rings is 2. The standard InChI is InChI=1S/C23H28N6O.C16H18N6.ClH/c1-4-17-13-29(14-17)22(30)8-7-18-5-6-19(11-16(18)2)21-9-10-24-23(27-21)26-20-12-25-28(3)15-20;1-11-7-12(3-4-13(11)8-17)15-5-6-18-16(21-15)20-14-9-19-22(2)10-14;/h5-6,9-12,15,17H,4,7-8,13-14H2,1-3H3,(H,24,26,27);3-7,9-10H,8,17H2,1-2H3,(H,18,20,21);1H. The molecule has 0 saturated carbocycles. The van der Waals surface area contributed by atoms with Crippen molar-refractivity contribution in [2.75, 3.05) is 23.7 Å². The van der Waals surface area contributed by atoms with Crippen molar-refractivity contribution in [3.05, 3.63) is 108 Å². The zero-order valence-corrected chi connectivity index (χ0v) is 31.6. The van der Waals surface area contributed by atoms with Crippen LogP contribution in [0.25, 0.3) is 22.5 Å². The molecule has 2 aromatic carbocycles. The monoisotopic (exact) mass is 734 g/mol. The molecule has 0 aliphatic carbocycles. The van der Waals surface area contributed by atoms with Gasteiger partial charge in [0.15, 0.2) is 0 Å². The lowest BCUT2D eigenvalue weighted by atomic mass is 9.95. The van der Waals surface area contributed by atoms with E-state index in [-0.39, 0.29) is 18.3 Å². The van der Waals surface area contributed by atoms with Crippen molar-refractivity contribution in [1.82, 2.24) is 44.4 Å². The number of anilines is 4. The molecule has 276 valence electrons. The first-order valence-corrected chi connectivity index (χ1v) is 17.5. The Bertz CT molecular complexity index is 2140. The number of nitrogens with two attached hydrogens (primary N) is 1. The Morgan fingerprint density at radius 1 is 0.792 bits per heavy atom. The second-order valence-electron chi connectivity index (χ2n) is 13.1. The molecule has 1 saturated heterocycles. The molecule has 0 spiro atoms. The van der Waals surface area contributed by atoms with Crippen LogP contribution in [0.15, 0.2) is 85.7 Å². The Labute approximate surface area is 316 Å². The Hall–Kier alpha value is -5.66. The molecular formula is C39H47ClN12O. The first-order chi connectivity index (χ1) is 25.2. The van der Waals surface area contributed by atoms with E-state index >= 15 is 0 Å². The minimum Gasteiger partial charge on any atom is -0.342 e. The lowest BCUT2D eigenvalue weighted by Crippen LogP contribution is -2.49. The number of carbonyl (C=O) groups excluding carboxylic acids is 1. The van der Waals surface area contributed by atoms with E-state index in [1.165, 1.54) is 16.7 Å². The first kappa shape index (κ1) is 38.6. The molecule has 4 N–H and O–H groups in total. The summed E-state index contributed by atoms with van der Waals surface area (Å²) in [6.07, 6.45) is 13.2. The number of hydrogen-bond acceptors (Lipinski definition) is 10. The maximum absolute atomic E-state index is 12.3. The molecule has 0 radical (unpaired) electrons. The number of nitrogens with zero attached hydrogens (tertiary/aromatic N) is 9. The van der Waals surface area contributed by atoms with E-state index in [1.54, 1.807) is 34.2 Å². The van der Waals surface area contributed by atoms with Gasteiger partial charge in [-0.05, 0) is 79.1 Å². The summed E-state index contributed by atoms with van der Waals surface area (Å²) in [5, 5.41) is 14.6. The highest BCUT2D eigenvalue weighted by Gasteiger charge is 2.28. The number of likely N-dealkylation sites (tertiary alicyclic amines) is 1. The third-order valence-corrected chi connectivity index (χ3v) is 9.23. The molecule has 53 heavy (non-hydrogen) atoms. The molecule has 1 fully saturated rings. The van der Waals surface area contributed by atoms with Crippen LogP contribution in [0.3, 0.4) is 0 Å². The summed E-state index contributed by atoms with van der Waals surface area (Å²) in [5.41, 5.74) is 15.9. The van der Waals surface area contributed by atoms with Crippen molar-refractivity contribution >= 4 is 41.6 Å². The van der Waals surface area contributed by atoms with Crippen LogP contribution in [0.2, 0.25) is 0 Å². The topological polar surface area (TPSA) is 158 Å². The summed E-state index contributed by atoms with van der Waals surface area (Å²) in [4.78, 5) is 32.1. The molecule has 1 aliphatic rings. The second-order valence-corrected chi connectivity index (χ2v) is 13.1. The molecule has 0 unspecified atom stereocenters.